The van der Waals surface area contributed by atoms with Gasteiger partial charge in [0.2, 0.25) is 5.12 Å². The lowest BCUT2D eigenvalue weighted by Crippen LogP contribution is -2.16. The van der Waals surface area contributed by atoms with Crippen LogP contribution in [-0.4, -0.2) is 16.6 Å². The highest BCUT2D eigenvalue weighted by Gasteiger charge is 2.22. The summed E-state index contributed by atoms with van der Waals surface area (Å²) in [4.78, 5) is 13.9. The van der Waals surface area contributed by atoms with E-state index in [0.29, 0.717) is 11.0 Å². The van der Waals surface area contributed by atoms with E-state index in [0.717, 1.165) is 23.2 Å². The van der Waals surface area contributed by atoms with Crippen molar-refractivity contribution in [2.45, 2.75) is 116 Å². The minimum atomic E-state index is 0.0897. The van der Waals surface area contributed by atoms with E-state index in [9.17, 15) is 4.79 Å². The summed E-state index contributed by atoms with van der Waals surface area (Å²) in [6, 6.07) is 8.54. The number of carbonyl (C=O) groups excluding carboxylic acids is 1. The first kappa shape index (κ1) is 32.3. The van der Waals surface area contributed by atoms with Crippen LogP contribution in [0.2, 0.25) is 0 Å². The lowest BCUT2D eigenvalue weighted by Gasteiger charge is -2.28. The van der Waals surface area contributed by atoms with E-state index in [1.165, 1.54) is 106 Å². The quantitative estimate of drug-likeness (QED) is 0.132. The van der Waals surface area contributed by atoms with Crippen LogP contribution in [0.3, 0.4) is 0 Å². The standard InChI is InChI=1S/C32H48OS2.C2H6/c1-3-5-6-7-10-27-17-21-30(22-18-27)32(33)35-31-23-19-28(20-24-31)12-9-8-11-26-13-15-29(16-14-26)25-34-4-2;1-2/h9,12,17,19-21,23-24,26-27,29-30H,3-8,10-11,13-16,18,22,25H2,1-2H3;1-2H3/b12-9+;. The number of hydrogen-bond acceptors (Lipinski definition) is 3. The van der Waals surface area contributed by atoms with Gasteiger partial charge in [-0.3, -0.25) is 4.79 Å². The highest BCUT2D eigenvalue weighted by molar-refractivity contribution is 8.13. The molecule has 0 amide bonds. The third kappa shape index (κ3) is 13.1. The summed E-state index contributed by atoms with van der Waals surface area (Å²) in [5.74, 6) is 5.32. The summed E-state index contributed by atoms with van der Waals surface area (Å²) < 4.78 is 0. The molecule has 1 aromatic carbocycles. The van der Waals surface area contributed by atoms with Crippen molar-refractivity contribution in [2.24, 2.45) is 23.7 Å². The molecule has 37 heavy (non-hydrogen) atoms. The first-order valence-electron chi connectivity index (χ1n) is 15.4. The first-order valence-corrected chi connectivity index (χ1v) is 17.4. The molecule has 0 aliphatic heterocycles. The van der Waals surface area contributed by atoms with E-state index >= 15 is 0 Å². The van der Waals surface area contributed by atoms with Gasteiger partial charge in [-0.15, -0.1) is 0 Å². The Balaban J connectivity index is 0.00000235. The largest absolute Gasteiger partial charge is 0.286 e. The van der Waals surface area contributed by atoms with Crippen molar-refractivity contribution in [1.82, 2.24) is 0 Å². The molecule has 3 rings (SSSR count). The Morgan fingerprint density at radius 2 is 1.59 bits per heavy atom. The third-order valence-corrected chi connectivity index (χ3v) is 10.00. The molecule has 1 fully saturated rings. The van der Waals surface area contributed by atoms with Crippen molar-refractivity contribution >= 4 is 34.7 Å². The fraction of sp³-hybridized carbons (Fsp3) is 0.676. The molecule has 208 valence electrons. The highest BCUT2D eigenvalue weighted by Crippen LogP contribution is 2.34. The molecule has 1 nitrogen and oxygen atoms in total. The van der Waals surface area contributed by atoms with Gasteiger partial charge in [-0.05, 0) is 91.9 Å². The Kier molecular flexibility index (Phi) is 17.5. The van der Waals surface area contributed by atoms with Crippen molar-refractivity contribution in [3.05, 3.63) is 48.1 Å². The van der Waals surface area contributed by atoms with E-state index < -0.39 is 0 Å². The number of carbonyl (C=O) groups is 1. The summed E-state index contributed by atoms with van der Waals surface area (Å²) in [5.41, 5.74) is 1.24. The molecule has 0 N–H and O–H groups in total. The van der Waals surface area contributed by atoms with Gasteiger partial charge in [-0.25, -0.2) is 0 Å². The van der Waals surface area contributed by atoms with E-state index in [1.807, 2.05) is 13.8 Å². The SMILES string of the molecule is CC.CCCCCCC1C=CC(C(=O)Sc2ccc(/C=C/CCC3CCC(CSCC)CC3)cc2)CC1. The zero-order valence-corrected chi connectivity index (χ0v) is 25.9. The Morgan fingerprint density at radius 1 is 0.865 bits per heavy atom. The Labute approximate surface area is 238 Å². The summed E-state index contributed by atoms with van der Waals surface area (Å²) in [5, 5.41) is 0.303. The second kappa shape index (κ2) is 20.0. The van der Waals surface area contributed by atoms with Crippen LogP contribution in [0.4, 0.5) is 0 Å². The number of thioether (sulfide) groups is 2. The predicted octanol–water partition coefficient (Wildman–Crippen LogP) is 11.2. The fourth-order valence-corrected chi connectivity index (χ4v) is 7.26. The summed E-state index contributed by atoms with van der Waals surface area (Å²) in [6.45, 7) is 8.54. The van der Waals surface area contributed by atoms with Crippen molar-refractivity contribution in [3.63, 3.8) is 0 Å². The topological polar surface area (TPSA) is 17.1 Å². The Morgan fingerprint density at radius 3 is 2.24 bits per heavy atom. The van der Waals surface area contributed by atoms with Gasteiger partial charge in [0.1, 0.15) is 0 Å². The molecule has 0 aromatic heterocycles. The molecule has 0 spiro atoms. The second-order valence-corrected chi connectivity index (χ2v) is 13.1. The maximum atomic E-state index is 12.8. The Bertz CT molecular complexity index is 774. The van der Waals surface area contributed by atoms with Crippen LogP contribution in [0.25, 0.3) is 6.08 Å². The molecular formula is C34H54OS2. The molecular weight excluding hydrogens is 489 g/mol. The third-order valence-electron chi connectivity index (χ3n) is 7.87. The number of unbranched alkanes of at least 4 members (excludes halogenated alkanes) is 3. The monoisotopic (exact) mass is 542 g/mol. The van der Waals surface area contributed by atoms with Gasteiger partial charge < -0.3 is 0 Å². The molecule has 1 saturated carbocycles. The van der Waals surface area contributed by atoms with E-state index in [-0.39, 0.29) is 5.92 Å². The lowest BCUT2D eigenvalue weighted by atomic mass is 9.81. The average Bonchev–Trinajstić information content (AvgIpc) is 2.95. The number of rotatable bonds is 14. The molecule has 0 radical (unpaired) electrons. The minimum absolute atomic E-state index is 0.0897. The predicted molar refractivity (Wildman–Crippen MR) is 169 cm³/mol. The number of hydrogen-bond donors (Lipinski definition) is 0. The molecule has 0 heterocycles. The van der Waals surface area contributed by atoms with Crippen LogP contribution >= 0.6 is 23.5 Å². The molecule has 2 atom stereocenters. The normalized spacial score (nSPS) is 23.6. The van der Waals surface area contributed by atoms with Crippen LogP contribution in [0.1, 0.15) is 117 Å². The fourth-order valence-electron chi connectivity index (χ4n) is 5.51. The molecule has 2 aliphatic carbocycles. The van der Waals surface area contributed by atoms with Gasteiger partial charge in [0.25, 0.3) is 0 Å². The van der Waals surface area contributed by atoms with Crippen molar-refractivity contribution < 1.29 is 4.79 Å². The molecule has 2 aliphatic rings. The minimum Gasteiger partial charge on any atom is -0.286 e. The van der Waals surface area contributed by atoms with E-state index in [2.05, 4.69) is 74.2 Å². The molecule has 1 aromatic rings. The Hall–Kier alpha value is -0.930. The zero-order chi connectivity index (χ0) is 26.7. The van der Waals surface area contributed by atoms with Gasteiger partial charge in [-0.2, -0.15) is 11.8 Å². The van der Waals surface area contributed by atoms with E-state index in [1.54, 1.807) is 0 Å². The van der Waals surface area contributed by atoms with Crippen LogP contribution in [-0.2, 0) is 4.79 Å². The van der Waals surface area contributed by atoms with Crippen LogP contribution in [0.5, 0.6) is 0 Å². The van der Waals surface area contributed by atoms with Crippen molar-refractivity contribution in [3.8, 4) is 0 Å². The number of allylic oxidation sites excluding steroid dienone is 3. The molecule has 2 unspecified atom stereocenters. The second-order valence-electron chi connectivity index (χ2n) is 10.7. The van der Waals surface area contributed by atoms with Crippen LogP contribution < -0.4 is 0 Å². The maximum absolute atomic E-state index is 12.8. The molecule has 0 bridgehead atoms. The summed E-state index contributed by atoms with van der Waals surface area (Å²) in [6.07, 6.45) is 26.2. The summed E-state index contributed by atoms with van der Waals surface area (Å²) in [7, 11) is 0. The first-order chi connectivity index (χ1) is 18.2. The summed E-state index contributed by atoms with van der Waals surface area (Å²) >= 11 is 3.54. The smallest absolute Gasteiger partial charge is 0.200 e. The molecule has 3 heteroatoms. The van der Waals surface area contributed by atoms with Gasteiger partial charge >= 0.3 is 0 Å². The lowest BCUT2D eigenvalue weighted by molar-refractivity contribution is -0.113. The van der Waals surface area contributed by atoms with Crippen molar-refractivity contribution in [1.29, 1.82) is 0 Å². The zero-order valence-electron chi connectivity index (χ0n) is 24.3. The van der Waals surface area contributed by atoms with Crippen LogP contribution in [0, 0.1) is 23.7 Å². The molecule has 0 saturated heterocycles. The van der Waals surface area contributed by atoms with Gasteiger partial charge in [0, 0.05) is 10.8 Å². The average molecular weight is 543 g/mol. The number of benzene rings is 1. The van der Waals surface area contributed by atoms with Crippen LogP contribution in [0.15, 0.2) is 47.4 Å². The van der Waals surface area contributed by atoms with Gasteiger partial charge in [0.15, 0.2) is 0 Å². The highest BCUT2D eigenvalue weighted by atomic mass is 32.2. The maximum Gasteiger partial charge on any atom is 0.200 e. The van der Waals surface area contributed by atoms with Gasteiger partial charge in [-0.1, -0.05) is 114 Å². The van der Waals surface area contributed by atoms with Crippen molar-refractivity contribution in [2.75, 3.05) is 11.5 Å². The van der Waals surface area contributed by atoms with Gasteiger partial charge in [0.05, 0.1) is 0 Å². The van der Waals surface area contributed by atoms with E-state index in [4.69, 9.17) is 0 Å².